The first kappa shape index (κ1) is 22.2. The normalized spacial score (nSPS) is 10.4. The predicted octanol–water partition coefficient (Wildman–Crippen LogP) is 3.46. The number of nitrogens with zero attached hydrogens (tertiary/aromatic N) is 1. The number of aliphatic hydroxyl groups excluding tert-OH is 1. The van der Waals surface area contributed by atoms with Crippen LogP contribution in [0, 0.1) is 12.7 Å². The SMILES string of the molecule is CC.Cc1ccc(Nc2c(C(=O)NCCCO)c3occc3c(=O)n2C)c(F)c1. The molecule has 2 heterocycles. The number of pyridine rings is 1. The minimum atomic E-state index is -0.506. The number of rotatable bonds is 6. The van der Waals surface area contributed by atoms with E-state index in [-0.39, 0.29) is 46.7 Å². The summed E-state index contributed by atoms with van der Waals surface area (Å²) in [5.41, 5.74) is 0.714. The van der Waals surface area contributed by atoms with Crippen LogP contribution in [0.4, 0.5) is 15.9 Å². The number of hydrogen-bond acceptors (Lipinski definition) is 5. The standard InChI is InChI=1S/C19H20FN3O4.C2H6/c1-11-4-5-14(13(20)10-11)22-17-15(18(25)21-7-3-8-24)16-12(6-9-27-16)19(26)23(17)2;1-2/h4-6,9-10,22,24H,3,7-8H2,1-2H3,(H,21,25);1-2H3. The summed E-state index contributed by atoms with van der Waals surface area (Å²) in [6, 6.07) is 6.09. The molecule has 1 amide bonds. The predicted molar refractivity (Wildman–Crippen MR) is 111 cm³/mol. The summed E-state index contributed by atoms with van der Waals surface area (Å²) < 4.78 is 20.9. The Labute approximate surface area is 168 Å². The van der Waals surface area contributed by atoms with Crippen molar-refractivity contribution in [1.82, 2.24) is 9.88 Å². The number of fused-ring (bicyclic) bond motifs is 1. The number of aryl methyl sites for hydroxylation is 1. The van der Waals surface area contributed by atoms with Crippen molar-refractivity contribution in [3.8, 4) is 0 Å². The van der Waals surface area contributed by atoms with E-state index in [1.807, 2.05) is 13.8 Å². The van der Waals surface area contributed by atoms with Gasteiger partial charge in [0.05, 0.1) is 17.3 Å². The van der Waals surface area contributed by atoms with Crippen molar-refractivity contribution in [2.45, 2.75) is 27.2 Å². The van der Waals surface area contributed by atoms with E-state index in [2.05, 4.69) is 10.6 Å². The molecule has 156 valence electrons. The van der Waals surface area contributed by atoms with Gasteiger partial charge in [0, 0.05) is 20.2 Å². The molecule has 29 heavy (non-hydrogen) atoms. The van der Waals surface area contributed by atoms with Crippen molar-refractivity contribution in [2.75, 3.05) is 18.5 Å². The number of aliphatic hydroxyl groups is 1. The van der Waals surface area contributed by atoms with Gasteiger partial charge in [0.2, 0.25) is 0 Å². The Morgan fingerprint density at radius 1 is 1.28 bits per heavy atom. The molecule has 0 fully saturated rings. The summed E-state index contributed by atoms with van der Waals surface area (Å²) in [5, 5.41) is 14.7. The Kier molecular flexibility index (Phi) is 7.55. The second-order valence-electron chi connectivity index (χ2n) is 6.19. The number of benzene rings is 1. The molecule has 0 atom stereocenters. The lowest BCUT2D eigenvalue weighted by molar-refractivity contribution is 0.0952. The first-order chi connectivity index (χ1) is 13.9. The van der Waals surface area contributed by atoms with Crippen LogP contribution in [0.5, 0.6) is 0 Å². The van der Waals surface area contributed by atoms with E-state index in [9.17, 15) is 14.0 Å². The van der Waals surface area contributed by atoms with Gasteiger partial charge in [-0.05, 0) is 37.1 Å². The van der Waals surface area contributed by atoms with Crippen LogP contribution in [0.25, 0.3) is 11.0 Å². The highest BCUT2D eigenvalue weighted by atomic mass is 19.1. The lowest BCUT2D eigenvalue weighted by Gasteiger charge is -2.17. The van der Waals surface area contributed by atoms with Gasteiger partial charge in [-0.1, -0.05) is 19.9 Å². The quantitative estimate of drug-likeness (QED) is 0.548. The van der Waals surface area contributed by atoms with E-state index in [4.69, 9.17) is 9.52 Å². The molecule has 7 nitrogen and oxygen atoms in total. The Balaban J connectivity index is 0.00000145. The molecule has 3 aromatic rings. The highest BCUT2D eigenvalue weighted by Crippen LogP contribution is 2.28. The number of nitrogens with one attached hydrogen (secondary N) is 2. The van der Waals surface area contributed by atoms with Crippen molar-refractivity contribution in [2.24, 2.45) is 7.05 Å². The first-order valence-electron chi connectivity index (χ1n) is 9.46. The number of anilines is 2. The number of hydrogen-bond donors (Lipinski definition) is 3. The number of carbonyl (C=O) groups excluding carboxylic acids is 1. The van der Waals surface area contributed by atoms with Crippen molar-refractivity contribution in [3.63, 3.8) is 0 Å². The van der Waals surface area contributed by atoms with Crippen molar-refractivity contribution in [1.29, 1.82) is 0 Å². The third-order valence-electron chi connectivity index (χ3n) is 4.22. The molecule has 0 saturated carbocycles. The molecule has 3 rings (SSSR count). The van der Waals surface area contributed by atoms with Gasteiger partial charge in [-0.3, -0.25) is 14.2 Å². The first-order valence-corrected chi connectivity index (χ1v) is 9.46. The molecule has 1 aromatic carbocycles. The third-order valence-corrected chi connectivity index (χ3v) is 4.22. The maximum atomic E-state index is 14.3. The largest absolute Gasteiger partial charge is 0.463 e. The number of amides is 1. The van der Waals surface area contributed by atoms with Crippen LogP contribution >= 0.6 is 0 Å². The monoisotopic (exact) mass is 403 g/mol. The average molecular weight is 403 g/mol. The molecule has 0 unspecified atom stereocenters. The fraction of sp³-hybridized carbons (Fsp3) is 0.333. The summed E-state index contributed by atoms with van der Waals surface area (Å²) in [5.74, 6) is -0.880. The van der Waals surface area contributed by atoms with Crippen LogP contribution < -0.4 is 16.2 Å². The summed E-state index contributed by atoms with van der Waals surface area (Å²) >= 11 is 0. The Morgan fingerprint density at radius 2 is 2.00 bits per heavy atom. The minimum Gasteiger partial charge on any atom is -0.463 e. The van der Waals surface area contributed by atoms with Crippen LogP contribution in [0.3, 0.4) is 0 Å². The zero-order chi connectivity index (χ0) is 21.6. The molecule has 3 N–H and O–H groups in total. The summed E-state index contributed by atoms with van der Waals surface area (Å²) in [4.78, 5) is 25.3. The Morgan fingerprint density at radius 3 is 2.66 bits per heavy atom. The van der Waals surface area contributed by atoms with Crippen LogP contribution in [-0.4, -0.2) is 28.7 Å². The highest BCUT2D eigenvalue weighted by molar-refractivity contribution is 6.09. The topological polar surface area (TPSA) is 96.5 Å². The fourth-order valence-electron chi connectivity index (χ4n) is 2.80. The van der Waals surface area contributed by atoms with Crippen LogP contribution in [0.15, 0.2) is 39.7 Å². The van der Waals surface area contributed by atoms with Crippen molar-refractivity contribution < 1.29 is 18.7 Å². The number of halogens is 1. The van der Waals surface area contributed by atoms with Crippen molar-refractivity contribution >= 4 is 28.4 Å². The molecule has 0 saturated heterocycles. The summed E-state index contributed by atoms with van der Waals surface area (Å²) in [6.07, 6.45) is 1.71. The van der Waals surface area contributed by atoms with E-state index >= 15 is 0 Å². The van der Waals surface area contributed by atoms with E-state index in [1.54, 1.807) is 13.0 Å². The van der Waals surface area contributed by atoms with E-state index in [0.717, 1.165) is 5.56 Å². The van der Waals surface area contributed by atoms with Crippen LogP contribution in [-0.2, 0) is 7.05 Å². The summed E-state index contributed by atoms with van der Waals surface area (Å²) in [6.45, 7) is 5.94. The number of aromatic nitrogens is 1. The molecule has 8 heteroatoms. The van der Waals surface area contributed by atoms with Crippen molar-refractivity contribution in [3.05, 3.63) is 57.8 Å². The summed E-state index contributed by atoms with van der Waals surface area (Å²) in [7, 11) is 1.49. The van der Waals surface area contributed by atoms with Gasteiger partial charge in [0.15, 0.2) is 5.58 Å². The average Bonchev–Trinajstić information content (AvgIpc) is 3.19. The molecule has 0 spiro atoms. The van der Waals surface area contributed by atoms with Crippen LogP contribution in [0.2, 0.25) is 0 Å². The van der Waals surface area contributed by atoms with Gasteiger partial charge in [-0.15, -0.1) is 0 Å². The van der Waals surface area contributed by atoms with Gasteiger partial charge in [0.25, 0.3) is 11.5 Å². The molecule has 0 aliphatic rings. The van der Waals surface area contributed by atoms with E-state index in [1.165, 1.54) is 36.1 Å². The second-order valence-corrected chi connectivity index (χ2v) is 6.19. The fourth-order valence-corrected chi connectivity index (χ4v) is 2.80. The molecule has 0 aliphatic heterocycles. The van der Waals surface area contributed by atoms with Gasteiger partial charge in [0.1, 0.15) is 17.2 Å². The van der Waals surface area contributed by atoms with Crippen LogP contribution in [0.1, 0.15) is 36.2 Å². The van der Waals surface area contributed by atoms with Gasteiger partial charge in [-0.2, -0.15) is 0 Å². The molecule has 2 aromatic heterocycles. The number of carbonyl (C=O) groups is 1. The van der Waals surface area contributed by atoms with E-state index < -0.39 is 11.7 Å². The maximum Gasteiger partial charge on any atom is 0.263 e. The minimum absolute atomic E-state index is 0.0661. The smallest absolute Gasteiger partial charge is 0.263 e. The highest BCUT2D eigenvalue weighted by Gasteiger charge is 2.23. The third kappa shape index (κ3) is 4.65. The number of furan rings is 1. The Bertz CT molecular complexity index is 1060. The van der Waals surface area contributed by atoms with E-state index in [0.29, 0.717) is 6.42 Å². The second kappa shape index (κ2) is 9.88. The molecular weight excluding hydrogens is 377 g/mol. The lowest BCUT2D eigenvalue weighted by Crippen LogP contribution is -2.29. The molecule has 0 radical (unpaired) electrons. The molecule has 0 aliphatic carbocycles. The zero-order valence-corrected chi connectivity index (χ0v) is 17.0. The van der Waals surface area contributed by atoms with Gasteiger partial charge in [-0.25, -0.2) is 4.39 Å². The molecule has 0 bridgehead atoms. The Hall–Kier alpha value is -3.13. The zero-order valence-electron chi connectivity index (χ0n) is 17.0. The maximum absolute atomic E-state index is 14.3. The van der Waals surface area contributed by atoms with Gasteiger partial charge < -0.3 is 20.2 Å². The molecular formula is C21H26FN3O4. The lowest BCUT2D eigenvalue weighted by atomic mass is 10.1. The van der Waals surface area contributed by atoms with Gasteiger partial charge >= 0.3 is 0 Å².